The molecule has 1 unspecified atom stereocenters. The number of rotatable bonds is 2. The standard InChI is InChI=1S/C12H12ClNO3/c13-9-4-11(15)14(6-9)5-8-2-1-3-10-12(8)17-7-16-10/h1-3,9H,4-7H2. The summed E-state index contributed by atoms with van der Waals surface area (Å²) in [5.41, 5.74) is 0.971. The van der Waals surface area contributed by atoms with E-state index in [2.05, 4.69) is 0 Å². The molecule has 3 rings (SSSR count). The fourth-order valence-corrected chi connectivity index (χ4v) is 2.50. The number of alkyl halides is 1. The van der Waals surface area contributed by atoms with Gasteiger partial charge in [-0.25, -0.2) is 0 Å². The first-order valence-corrected chi connectivity index (χ1v) is 5.97. The lowest BCUT2D eigenvalue weighted by Crippen LogP contribution is -2.24. The van der Waals surface area contributed by atoms with Crippen LogP contribution in [-0.2, 0) is 11.3 Å². The Morgan fingerprint density at radius 1 is 1.41 bits per heavy atom. The van der Waals surface area contributed by atoms with E-state index in [-0.39, 0.29) is 18.1 Å². The van der Waals surface area contributed by atoms with Crippen molar-refractivity contribution in [3.05, 3.63) is 23.8 Å². The highest BCUT2D eigenvalue weighted by atomic mass is 35.5. The lowest BCUT2D eigenvalue weighted by atomic mass is 10.2. The maximum atomic E-state index is 11.7. The number of fused-ring (bicyclic) bond motifs is 1. The second kappa shape index (κ2) is 4.11. The monoisotopic (exact) mass is 253 g/mol. The number of ether oxygens (including phenoxy) is 2. The number of nitrogens with zero attached hydrogens (tertiary/aromatic N) is 1. The number of amides is 1. The Labute approximate surface area is 104 Å². The molecular formula is C12H12ClNO3. The quantitative estimate of drug-likeness (QED) is 0.754. The van der Waals surface area contributed by atoms with Gasteiger partial charge >= 0.3 is 0 Å². The van der Waals surface area contributed by atoms with Crippen molar-refractivity contribution in [2.45, 2.75) is 18.3 Å². The molecule has 5 heteroatoms. The third-order valence-electron chi connectivity index (χ3n) is 3.01. The molecule has 2 heterocycles. The zero-order valence-electron chi connectivity index (χ0n) is 9.19. The molecule has 0 aromatic heterocycles. The smallest absolute Gasteiger partial charge is 0.231 e. The van der Waals surface area contributed by atoms with E-state index in [1.165, 1.54) is 0 Å². The number of hydrogen-bond donors (Lipinski definition) is 0. The normalized spacial score (nSPS) is 22.3. The van der Waals surface area contributed by atoms with Crippen LogP contribution in [0.25, 0.3) is 0 Å². The van der Waals surface area contributed by atoms with Crippen molar-refractivity contribution in [1.29, 1.82) is 0 Å². The summed E-state index contributed by atoms with van der Waals surface area (Å²) < 4.78 is 10.7. The Kier molecular flexibility index (Phi) is 2.59. The van der Waals surface area contributed by atoms with Gasteiger partial charge in [0, 0.05) is 25.1 Å². The highest BCUT2D eigenvalue weighted by Gasteiger charge is 2.29. The average Bonchev–Trinajstić information content (AvgIpc) is 2.87. The molecule has 0 spiro atoms. The summed E-state index contributed by atoms with van der Waals surface area (Å²) in [5.74, 6) is 1.59. The van der Waals surface area contributed by atoms with Crippen molar-refractivity contribution in [2.75, 3.05) is 13.3 Å². The average molecular weight is 254 g/mol. The van der Waals surface area contributed by atoms with Crippen molar-refractivity contribution in [2.24, 2.45) is 0 Å². The van der Waals surface area contributed by atoms with Crippen LogP contribution in [0.4, 0.5) is 0 Å². The summed E-state index contributed by atoms with van der Waals surface area (Å²) in [5, 5.41) is -0.0728. The van der Waals surface area contributed by atoms with E-state index in [0.717, 1.165) is 17.1 Å². The Morgan fingerprint density at radius 3 is 3.06 bits per heavy atom. The first-order valence-electron chi connectivity index (χ1n) is 5.53. The molecule has 90 valence electrons. The first-order chi connectivity index (χ1) is 8.24. The molecule has 0 radical (unpaired) electrons. The minimum Gasteiger partial charge on any atom is -0.454 e. The van der Waals surface area contributed by atoms with Gasteiger partial charge in [0.25, 0.3) is 0 Å². The van der Waals surface area contributed by atoms with Crippen molar-refractivity contribution < 1.29 is 14.3 Å². The summed E-state index contributed by atoms with van der Waals surface area (Å²) >= 11 is 5.97. The highest BCUT2D eigenvalue weighted by Crippen LogP contribution is 2.36. The van der Waals surface area contributed by atoms with E-state index >= 15 is 0 Å². The van der Waals surface area contributed by atoms with Crippen LogP contribution in [0, 0.1) is 0 Å². The second-order valence-electron chi connectivity index (χ2n) is 4.23. The molecule has 2 aliphatic heterocycles. The number of carbonyl (C=O) groups is 1. The van der Waals surface area contributed by atoms with E-state index in [9.17, 15) is 4.79 Å². The second-order valence-corrected chi connectivity index (χ2v) is 4.84. The van der Waals surface area contributed by atoms with Crippen LogP contribution < -0.4 is 9.47 Å². The van der Waals surface area contributed by atoms with Gasteiger partial charge in [-0.2, -0.15) is 0 Å². The lowest BCUT2D eigenvalue weighted by molar-refractivity contribution is -0.128. The molecule has 0 saturated carbocycles. The minimum atomic E-state index is -0.0728. The van der Waals surface area contributed by atoms with E-state index in [1.54, 1.807) is 4.90 Å². The molecule has 2 aliphatic rings. The van der Waals surface area contributed by atoms with E-state index in [0.29, 0.717) is 19.5 Å². The van der Waals surface area contributed by atoms with Gasteiger partial charge in [-0.05, 0) is 6.07 Å². The number of benzene rings is 1. The maximum absolute atomic E-state index is 11.7. The molecule has 0 bridgehead atoms. The molecule has 1 aromatic carbocycles. The molecular weight excluding hydrogens is 242 g/mol. The van der Waals surface area contributed by atoms with Crippen LogP contribution in [-0.4, -0.2) is 29.5 Å². The maximum Gasteiger partial charge on any atom is 0.231 e. The van der Waals surface area contributed by atoms with Gasteiger partial charge in [-0.3, -0.25) is 4.79 Å². The van der Waals surface area contributed by atoms with Crippen molar-refractivity contribution in [1.82, 2.24) is 4.90 Å². The first kappa shape index (κ1) is 10.7. The summed E-state index contributed by atoms with van der Waals surface area (Å²) in [7, 11) is 0. The van der Waals surface area contributed by atoms with Crippen LogP contribution >= 0.6 is 11.6 Å². The molecule has 17 heavy (non-hydrogen) atoms. The molecule has 1 amide bonds. The number of hydrogen-bond acceptors (Lipinski definition) is 3. The summed E-state index contributed by atoms with van der Waals surface area (Å²) in [6, 6.07) is 5.71. The van der Waals surface area contributed by atoms with Gasteiger partial charge in [-0.1, -0.05) is 12.1 Å². The summed E-state index contributed by atoms with van der Waals surface area (Å²) in [6.45, 7) is 1.39. The van der Waals surface area contributed by atoms with Crippen LogP contribution in [0.15, 0.2) is 18.2 Å². The molecule has 0 aliphatic carbocycles. The molecule has 0 N–H and O–H groups in total. The molecule has 4 nitrogen and oxygen atoms in total. The predicted octanol–water partition coefficient (Wildman–Crippen LogP) is 1.75. The predicted molar refractivity (Wildman–Crippen MR) is 62.2 cm³/mol. The lowest BCUT2D eigenvalue weighted by Gasteiger charge is -2.16. The third kappa shape index (κ3) is 1.93. The molecule has 1 saturated heterocycles. The van der Waals surface area contributed by atoms with Crippen molar-refractivity contribution in [3.8, 4) is 11.5 Å². The van der Waals surface area contributed by atoms with Gasteiger partial charge in [0.15, 0.2) is 11.5 Å². The van der Waals surface area contributed by atoms with Gasteiger partial charge in [0.1, 0.15) is 0 Å². The molecule has 1 fully saturated rings. The zero-order valence-corrected chi connectivity index (χ0v) is 9.94. The largest absolute Gasteiger partial charge is 0.454 e. The van der Waals surface area contributed by atoms with Crippen LogP contribution in [0.5, 0.6) is 11.5 Å². The van der Waals surface area contributed by atoms with E-state index < -0.39 is 0 Å². The SMILES string of the molecule is O=C1CC(Cl)CN1Cc1cccc2c1OCO2. The Bertz CT molecular complexity index is 463. The van der Waals surface area contributed by atoms with Gasteiger partial charge in [0.2, 0.25) is 12.7 Å². The van der Waals surface area contributed by atoms with Gasteiger partial charge < -0.3 is 14.4 Å². The Balaban J connectivity index is 1.82. The molecule has 1 atom stereocenters. The minimum absolute atomic E-state index is 0.0728. The van der Waals surface area contributed by atoms with E-state index in [4.69, 9.17) is 21.1 Å². The van der Waals surface area contributed by atoms with Gasteiger partial charge in [-0.15, -0.1) is 11.6 Å². The van der Waals surface area contributed by atoms with Crippen LogP contribution in [0.2, 0.25) is 0 Å². The van der Waals surface area contributed by atoms with Crippen LogP contribution in [0.1, 0.15) is 12.0 Å². The fourth-order valence-electron chi connectivity index (χ4n) is 2.20. The summed E-state index contributed by atoms with van der Waals surface area (Å²) in [4.78, 5) is 13.4. The fraction of sp³-hybridized carbons (Fsp3) is 0.417. The number of para-hydroxylation sites is 1. The Hall–Kier alpha value is -1.42. The van der Waals surface area contributed by atoms with E-state index in [1.807, 2.05) is 18.2 Å². The molecule has 1 aromatic rings. The van der Waals surface area contributed by atoms with Crippen molar-refractivity contribution in [3.63, 3.8) is 0 Å². The number of likely N-dealkylation sites (tertiary alicyclic amines) is 1. The van der Waals surface area contributed by atoms with Gasteiger partial charge in [0.05, 0.1) is 5.38 Å². The summed E-state index contributed by atoms with van der Waals surface area (Å²) in [6.07, 6.45) is 0.425. The highest BCUT2D eigenvalue weighted by molar-refractivity contribution is 6.22. The van der Waals surface area contributed by atoms with Crippen molar-refractivity contribution >= 4 is 17.5 Å². The third-order valence-corrected chi connectivity index (χ3v) is 3.30. The topological polar surface area (TPSA) is 38.8 Å². The number of halogens is 1. The zero-order chi connectivity index (χ0) is 11.8. The number of carbonyl (C=O) groups excluding carboxylic acids is 1. The Morgan fingerprint density at radius 2 is 2.29 bits per heavy atom. The van der Waals surface area contributed by atoms with Crippen LogP contribution in [0.3, 0.4) is 0 Å².